The Kier molecular flexibility index (Phi) is 7.21. The lowest BCUT2D eigenvalue weighted by Gasteiger charge is -2.33. The lowest BCUT2D eigenvalue weighted by molar-refractivity contribution is -0.138. The summed E-state index contributed by atoms with van der Waals surface area (Å²) in [7, 11) is 2.00. The van der Waals surface area contributed by atoms with Crippen LogP contribution in [0.4, 0.5) is 18.9 Å². The van der Waals surface area contributed by atoms with Gasteiger partial charge in [-0.25, -0.2) is 14.2 Å². The second kappa shape index (κ2) is 11.0. The summed E-state index contributed by atoms with van der Waals surface area (Å²) in [6.45, 7) is 5.08. The largest absolute Gasteiger partial charge is 0.416 e. The SMILES string of the molecule is Cc1ccc(C(=O)Nc2ccc(CN3CCN(C)CC3)c(C(F)(F)F)c2)cc1-n1cc(-c2ccn3nccc3n2)nn1. The summed E-state index contributed by atoms with van der Waals surface area (Å²) in [6.07, 6.45) is 0.571. The number of piperazine rings is 1. The fraction of sp³-hybridized carbons (Fsp3) is 0.276. The zero-order valence-corrected chi connectivity index (χ0v) is 23.0. The Hall–Kier alpha value is -4.62. The molecule has 0 radical (unpaired) electrons. The molecule has 1 aliphatic heterocycles. The molecule has 0 atom stereocenters. The molecular weight excluding hydrogens is 547 g/mol. The van der Waals surface area contributed by atoms with Crippen LogP contribution in [0.15, 0.2) is 67.1 Å². The maximum absolute atomic E-state index is 14.0. The fourth-order valence-electron chi connectivity index (χ4n) is 4.96. The molecule has 0 bridgehead atoms. The summed E-state index contributed by atoms with van der Waals surface area (Å²) in [4.78, 5) is 21.9. The molecule has 1 amide bonds. The van der Waals surface area contributed by atoms with Crippen molar-refractivity contribution in [3.63, 3.8) is 0 Å². The van der Waals surface area contributed by atoms with Crippen LogP contribution in [0, 0.1) is 6.92 Å². The molecule has 1 fully saturated rings. The number of likely N-dealkylation sites (N-methyl/N-ethyl adjacent to an activating group) is 1. The molecule has 0 spiro atoms. The molecule has 0 saturated carbocycles. The van der Waals surface area contributed by atoms with Gasteiger partial charge in [0.15, 0.2) is 5.65 Å². The van der Waals surface area contributed by atoms with Gasteiger partial charge in [0.25, 0.3) is 5.91 Å². The van der Waals surface area contributed by atoms with Crippen LogP contribution in [0.1, 0.15) is 27.0 Å². The normalized spacial score (nSPS) is 14.9. The second-order valence-corrected chi connectivity index (χ2v) is 10.4. The number of alkyl halides is 3. The molecule has 1 saturated heterocycles. The number of nitrogens with zero attached hydrogens (tertiary/aromatic N) is 8. The van der Waals surface area contributed by atoms with Crippen LogP contribution in [-0.2, 0) is 12.7 Å². The second-order valence-electron chi connectivity index (χ2n) is 10.4. The van der Waals surface area contributed by atoms with Gasteiger partial charge in [-0.15, -0.1) is 5.10 Å². The van der Waals surface area contributed by atoms with Gasteiger partial charge in [-0.05, 0) is 55.4 Å². The number of aromatic nitrogens is 6. The van der Waals surface area contributed by atoms with Gasteiger partial charge in [0, 0.05) is 56.2 Å². The number of carbonyl (C=O) groups excluding carboxylic acids is 1. The predicted octanol–water partition coefficient (Wildman–Crippen LogP) is 4.30. The van der Waals surface area contributed by atoms with E-state index >= 15 is 0 Å². The van der Waals surface area contributed by atoms with E-state index < -0.39 is 17.6 Å². The molecule has 4 heterocycles. The number of fused-ring (bicyclic) bond motifs is 1. The van der Waals surface area contributed by atoms with Crippen molar-refractivity contribution in [2.45, 2.75) is 19.6 Å². The van der Waals surface area contributed by atoms with E-state index in [-0.39, 0.29) is 23.4 Å². The van der Waals surface area contributed by atoms with E-state index in [1.54, 1.807) is 58.1 Å². The average molecular weight is 576 g/mol. The molecule has 13 heteroatoms. The van der Waals surface area contributed by atoms with Crippen molar-refractivity contribution >= 4 is 17.2 Å². The third-order valence-electron chi connectivity index (χ3n) is 7.39. The molecule has 2 aromatic carbocycles. The van der Waals surface area contributed by atoms with Crippen molar-refractivity contribution in [2.75, 3.05) is 38.5 Å². The van der Waals surface area contributed by atoms with Gasteiger partial charge < -0.3 is 10.2 Å². The van der Waals surface area contributed by atoms with E-state index in [1.165, 1.54) is 12.1 Å². The highest BCUT2D eigenvalue weighted by Crippen LogP contribution is 2.35. The molecule has 10 nitrogen and oxygen atoms in total. The Labute approximate surface area is 239 Å². The number of hydrogen-bond donors (Lipinski definition) is 1. The quantitative estimate of drug-likeness (QED) is 0.323. The summed E-state index contributed by atoms with van der Waals surface area (Å²) in [6, 6.07) is 12.5. The van der Waals surface area contributed by atoms with Crippen molar-refractivity contribution in [2.24, 2.45) is 0 Å². The van der Waals surface area contributed by atoms with E-state index in [0.29, 0.717) is 35.8 Å². The number of rotatable bonds is 6. The Balaban J connectivity index is 1.22. The molecule has 0 aliphatic carbocycles. The molecule has 6 rings (SSSR count). The lowest BCUT2D eigenvalue weighted by Crippen LogP contribution is -2.44. The highest BCUT2D eigenvalue weighted by molar-refractivity contribution is 6.04. The molecule has 1 aliphatic rings. The van der Waals surface area contributed by atoms with E-state index in [1.807, 2.05) is 18.9 Å². The first kappa shape index (κ1) is 27.5. The Bertz CT molecular complexity index is 1750. The van der Waals surface area contributed by atoms with Crippen LogP contribution < -0.4 is 5.32 Å². The first-order chi connectivity index (χ1) is 20.1. The number of amides is 1. The number of nitrogens with one attached hydrogen (secondary N) is 1. The Morgan fingerprint density at radius 3 is 2.60 bits per heavy atom. The first-order valence-electron chi connectivity index (χ1n) is 13.4. The summed E-state index contributed by atoms with van der Waals surface area (Å²) in [5.41, 5.74) is 3.01. The third-order valence-corrected chi connectivity index (χ3v) is 7.39. The summed E-state index contributed by atoms with van der Waals surface area (Å²) < 4.78 is 45.2. The zero-order valence-electron chi connectivity index (χ0n) is 23.0. The summed E-state index contributed by atoms with van der Waals surface area (Å²) in [5, 5.41) is 15.2. The van der Waals surface area contributed by atoms with Crippen LogP contribution in [0.2, 0.25) is 0 Å². The van der Waals surface area contributed by atoms with Gasteiger partial charge in [-0.1, -0.05) is 17.3 Å². The van der Waals surface area contributed by atoms with Crippen LogP contribution in [0.5, 0.6) is 0 Å². The number of anilines is 1. The molecule has 0 unspecified atom stereocenters. The van der Waals surface area contributed by atoms with Gasteiger partial charge in [-0.2, -0.15) is 18.3 Å². The minimum absolute atomic E-state index is 0.0703. The van der Waals surface area contributed by atoms with Crippen molar-refractivity contribution in [1.29, 1.82) is 0 Å². The van der Waals surface area contributed by atoms with Gasteiger partial charge in [0.1, 0.15) is 5.69 Å². The monoisotopic (exact) mass is 575 g/mol. The van der Waals surface area contributed by atoms with Crippen LogP contribution in [0.3, 0.4) is 0 Å². The minimum atomic E-state index is -4.55. The summed E-state index contributed by atoms with van der Waals surface area (Å²) >= 11 is 0. The zero-order chi connectivity index (χ0) is 29.4. The van der Waals surface area contributed by atoms with Crippen molar-refractivity contribution in [3.8, 4) is 17.1 Å². The predicted molar refractivity (Wildman–Crippen MR) is 150 cm³/mol. The standard InChI is InChI=1S/C29H28F3N9O/c1-19-3-4-20(15-26(19)41-18-25(36-37-41)24-8-10-40-27(35-24)7-9-33-40)28(42)34-22-6-5-21(23(16-22)29(30,31)32)17-39-13-11-38(2)12-14-39/h3-10,15-16,18H,11-14,17H2,1-2H3,(H,34,42). The highest BCUT2D eigenvalue weighted by Gasteiger charge is 2.34. The lowest BCUT2D eigenvalue weighted by atomic mass is 10.0. The Morgan fingerprint density at radius 1 is 1.00 bits per heavy atom. The van der Waals surface area contributed by atoms with Crippen LogP contribution in [-0.4, -0.2) is 78.5 Å². The molecule has 1 N–H and O–H groups in total. The van der Waals surface area contributed by atoms with Gasteiger partial charge >= 0.3 is 6.18 Å². The van der Waals surface area contributed by atoms with Gasteiger partial charge in [-0.3, -0.25) is 9.69 Å². The smallest absolute Gasteiger partial charge is 0.322 e. The van der Waals surface area contributed by atoms with E-state index in [0.717, 1.165) is 24.7 Å². The molecule has 5 aromatic rings. The first-order valence-corrected chi connectivity index (χ1v) is 13.4. The van der Waals surface area contributed by atoms with Crippen molar-refractivity contribution < 1.29 is 18.0 Å². The van der Waals surface area contributed by atoms with Crippen LogP contribution in [0.25, 0.3) is 22.7 Å². The maximum Gasteiger partial charge on any atom is 0.416 e. The number of carbonyl (C=O) groups is 1. The Morgan fingerprint density at radius 2 is 1.81 bits per heavy atom. The number of hydrogen-bond acceptors (Lipinski definition) is 7. The van der Waals surface area contributed by atoms with E-state index in [2.05, 4.69) is 30.6 Å². The number of aryl methyl sites for hydroxylation is 1. The highest BCUT2D eigenvalue weighted by atomic mass is 19.4. The average Bonchev–Trinajstić information content (AvgIpc) is 3.64. The molecule has 216 valence electrons. The van der Waals surface area contributed by atoms with E-state index in [9.17, 15) is 18.0 Å². The third kappa shape index (κ3) is 5.74. The minimum Gasteiger partial charge on any atom is -0.322 e. The summed E-state index contributed by atoms with van der Waals surface area (Å²) in [5.74, 6) is -0.538. The maximum atomic E-state index is 14.0. The van der Waals surface area contributed by atoms with Gasteiger partial charge in [0.2, 0.25) is 0 Å². The topological polar surface area (TPSA) is 96.5 Å². The molecule has 42 heavy (non-hydrogen) atoms. The number of halogens is 3. The van der Waals surface area contributed by atoms with Crippen LogP contribution >= 0.6 is 0 Å². The van der Waals surface area contributed by atoms with Crippen molar-refractivity contribution in [3.05, 3.63) is 89.4 Å². The number of benzene rings is 2. The molecular formula is C29H28F3N9O. The molecule has 3 aromatic heterocycles. The fourth-order valence-corrected chi connectivity index (χ4v) is 4.96. The van der Waals surface area contributed by atoms with E-state index in [4.69, 9.17) is 0 Å². The van der Waals surface area contributed by atoms with Gasteiger partial charge in [0.05, 0.1) is 29.3 Å². The van der Waals surface area contributed by atoms with Crippen molar-refractivity contribution in [1.82, 2.24) is 39.4 Å².